The number of nitrogens with one attached hydrogen (secondary N) is 1. The average Bonchev–Trinajstić information content (AvgIpc) is 2.58. The maximum Gasteiger partial charge on any atom is 0.152 e. The summed E-state index contributed by atoms with van der Waals surface area (Å²) in [6.07, 6.45) is 4.33. The smallest absolute Gasteiger partial charge is 0.152 e. The average molecular weight is 297 g/mol. The van der Waals surface area contributed by atoms with E-state index < -0.39 is 9.84 Å². The van der Waals surface area contributed by atoms with Crippen LogP contribution in [-0.4, -0.2) is 44.0 Å². The summed E-state index contributed by atoms with van der Waals surface area (Å²) in [5.74, 6) is 0.542. The molecule has 0 spiro atoms. The molecule has 0 saturated carbocycles. The van der Waals surface area contributed by atoms with Gasteiger partial charge in [0.25, 0.3) is 0 Å². The van der Waals surface area contributed by atoms with Crippen LogP contribution in [0.1, 0.15) is 25.8 Å². The van der Waals surface area contributed by atoms with Crippen LogP contribution in [-0.2, 0) is 16.4 Å². The molecule has 1 fully saturated rings. The van der Waals surface area contributed by atoms with Gasteiger partial charge >= 0.3 is 0 Å². The molecule has 1 aromatic rings. The van der Waals surface area contributed by atoms with E-state index in [0.717, 1.165) is 24.3 Å². The predicted molar refractivity (Wildman–Crippen MR) is 81.7 cm³/mol. The molecule has 0 radical (unpaired) electrons. The Balaban J connectivity index is 2.15. The first-order valence-electron chi connectivity index (χ1n) is 7.09. The second-order valence-corrected chi connectivity index (χ2v) is 7.84. The fourth-order valence-corrected chi connectivity index (χ4v) is 3.63. The Labute approximate surface area is 121 Å². The monoisotopic (exact) mass is 297 g/mol. The zero-order valence-corrected chi connectivity index (χ0v) is 13.0. The number of sulfone groups is 1. The van der Waals surface area contributed by atoms with Gasteiger partial charge in [-0.3, -0.25) is 4.98 Å². The minimum absolute atomic E-state index is 0.242. The molecule has 0 bridgehead atoms. The van der Waals surface area contributed by atoms with E-state index in [2.05, 4.69) is 29.0 Å². The van der Waals surface area contributed by atoms with Crippen molar-refractivity contribution in [3.8, 4) is 0 Å². The van der Waals surface area contributed by atoms with Crippen LogP contribution in [0.15, 0.2) is 18.5 Å². The Kier molecular flexibility index (Phi) is 4.99. The van der Waals surface area contributed by atoms with Gasteiger partial charge in [-0.1, -0.05) is 13.8 Å². The summed E-state index contributed by atoms with van der Waals surface area (Å²) < 4.78 is 23.4. The van der Waals surface area contributed by atoms with Crippen molar-refractivity contribution >= 4 is 15.5 Å². The highest BCUT2D eigenvalue weighted by Gasteiger charge is 2.20. The number of hydrogen-bond donors (Lipinski definition) is 1. The lowest BCUT2D eigenvalue weighted by atomic mass is 10.2. The SMILES string of the molecule is CC(C)NCc1cnccc1N1CCCS(=O)(=O)CC1. The Hall–Kier alpha value is -1.14. The lowest BCUT2D eigenvalue weighted by molar-refractivity contribution is 0.587. The van der Waals surface area contributed by atoms with Gasteiger partial charge in [0.05, 0.1) is 11.5 Å². The summed E-state index contributed by atoms with van der Waals surface area (Å²) in [5.41, 5.74) is 2.23. The maximum absolute atomic E-state index is 11.7. The van der Waals surface area contributed by atoms with Gasteiger partial charge < -0.3 is 10.2 Å². The number of rotatable bonds is 4. The number of nitrogens with zero attached hydrogens (tertiary/aromatic N) is 2. The molecular weight excluding hydrogens is 274 g/mol. The van der Waals surface area contributed by atoms with Crippen LogP contribution in [0.25, 0.3) is 0 Å². The third-order valence-corrected chi connectivity index (χ3v) is 5.19. The molecule has 0 aromatic carbocycles. The van der Waals surface area contributed by atoms with Crippen LogP contribution in [0.4, 0.5) is 5.69 Å². The van der Waals surface area contributed by atoms with Crippen LogP contribution in [0.2, 0.25) is 0 Å². The van der Waals surface area contributed by atoms with Gasteiger partial charge in [0.15, 0.2) is 9.84 Å². The van der Waals surface area contributed by atoms with E-state index in [1.54, 1.807) is 6.20 Å². The minimum atomic E-state index is -2.87. The van der Waals surface area contributed by atoms with Gasteiger partial charge in [-0.25, -0.2) is 8.42 Å². The molecule has 1 aliphatic heterocycles. The predicted octanol–water partition coefficient (Wildman–Crippen LogP) is 1.20. The number of pyridine rings is 1. The zero-order valence-electron chi connectivity index (χ0n) is 12.2. The van der Waals surface area contributed by atoms with E-state index in [9.17, 15) is 8.42 Å². The van der Waals surface area contributed by atoms with Crippen molar-refractivity contribution in [1.82, 2.24) is 10.3 Å². The first kappa shape index (κ1) is 15.3. The Morgan fingerprint density at radius 1 is 1.35 bits per heavy atom. The maximum atomic E-state index is 11.7. The Bertz CT molecular complexity index is 543. The van der Waals surface area contributed by atoms with Crippen molar-refractivity contribution in [2.45, 2.75) is 32.9 Å². The van der Waals surface area contributed by atoms with E-state index >= 15 is 0 Å². The molecule has 2 rings (SSSR count). The van der Waals surface area contributed by atoms with Crippen LogP contribution in [0.5, 0.6) is 0 Å². The highest BCUT2D eigenvalue weighted by Crippen LogP contribution is 2.21. The molecule has 20 heavy (non-hydrogen) atoms. The fourth-order valence-electron chi connectivity index (χ4n) is 2.36. The van der Waals surface area contributed by atoms with Crippen LogP contribution in [0, 0.1) is 0 Å². The van der Waals surface area contributed by atoms with Crippen LogP contribution in [0.3, 0.4) is 0 Å². The van der Waals surface area contributed by atoms with E-state index in [0.29, 0.717) is 24.8 Å². The molecule has 1 saturated heterocycles. The second kappa shape index (κ2) is 6.54. The summed E-state index contributed by atoms with van der Waals surface area (Å²) >= 11 is 0. The highest BCUT2D eigenvalue weighted by atomic mass is 32.2. The quantitative estimate of drug-likeness (QED) is 0.905. The van der Waals surface area contributed by atoms with Gasteiger partial charge in [0.2, 0.25) is 0 Å². The van der Waals surface area contributed by atoms with E-state index in [4.69, 9.17) is 0 Å². The second-order valence-electron chi connectivity index (χ2n) is 5.53. The van der Waals surface area contributed by atoms with Crippen LogP contribution < -0.4 is 10.2 Å². The highest BCUT2D eigenvalue weighted by molar-refractivity contribution is 7.91. The Morgan fingerprint density at radius 3 is 2.90 bits per heavy atom. The summed E-state index contributed by atoms with van der Waals surface area (Å²) in [6, 6.07) is 2.39. The van der Waals surface area contributed by atoms with Gasteiger partial charge in [0.1, 0.15) is 0 Å². The van der Waals surface area contributed by atoms with Gasteiger partial charge in [-0.15, -0.1) is 0 Å². The molecule has 112 valence electrons. The third-order valence-electron chi connectivity index (χ3n) is 3.47. The first-order chi connectivity index (χ1) is 9.48. The molecule has 0 atom stereocenters. The van der Waals surface area contributed by atoms with Crippen molar-refractivity contribution in [1.29, 1.82) is 0 Å². The number of aromatic nitrogens is 1. The van der Waals surface area contributed by atoms with Crippen molar-refractivity contribution in [2.24, 2.45) is 0 Å². The topological polar surface area (TPSA) is 62.3 Å². The van der Waals surface area contributed by atoms with E-state index in [1.165, 1.54) is 0 Å². The zero-order chi connectivity index (χ0) is 14.6. The standard InChI is InChI=1S/C14H23N3O2S/c1-12(2)16-11-13-10-15-5-4-14(13)17-6-3-8-20(18,19)9-7-17/h4-5,10,12,16H,3,6-9,11H2,1-2H3. The fraction of sp³-hybridized carbons (Fsp3) is 0.643. The van der Waals surface area contributed by atoms with Crippen molar-refractivity contribution in [3.05, 3.63) is 24.0 Å². The largest absolute Gasteiger partial charge is 0.370 e. The van der Waals surface area contributed by atoms with Crippen molar-refractivity contribution < 1.29 is 8.42 Å². The molecule has 2 heterocycles. The summed E-state index contributed by atoms with van der Waals surface area (Å²) in [4.78, 5) is 6.36. The molecule has 0 unspecified atom stereocenters. The van der Waals surface area contributed by atoms with Gasteiger partial charge in [-0.2, -0.15) is 0 Å². The van der Waals surface area contributed by atoms with Crippen LogP contribution >= 0.6 is 0 Å². The van der Waals surface area contributed by atoms with Gasteiger partial charge in [-0.05, 0) is 12.5 Å². The van der Waals surface area contributed by atoms with E-state index in [-0.39, 0.29) is 5.75 Å². The molecule has 5 nitrogen and oxygen atoms in total. The lowest BCUT2D eigenvalue weighted by Gasteiger charge is -2.25. The summed E-state index contributed by atoms with van der Waals surface area (Å²) in [7, 11) is -2.87. The molecule has 0 aliphatic carbocycles. The molecule has 6 heteroatoms. The van der Waals surface area contributed by atoms with E-state index in [1.807, 2.05) is 12.3 Å². The third kappa shape index (κ3) is 4.18. The molecule has 0 amide bonds. The number of anilines is 1. The molecule has 1 aliphatic rings. The van der Waals surface area contributed by atoms with Crippen molar-refractivity contribution in [2.75, 3.05) is 29.5 Å². The first-order valence-corrected chi connectivity index (χ1v) is 8.92. The summed E-state index contributed by atoms with van der Waals surface area (Å²) in [6.45, 7) is 6.33. The summed E-state index contributed by atoms with van der Waals surface area (Å²) in [5, 5.41) is 3.39. The molecule has 1 aromatic heterocycles. The number of hydrogen-bond acceptors (Lipinski definition) is 5. The van der Waals surface area contributed by atoms with Gasteiger partial charge in [0, 0.05) is 49.3 Å². The molecular formula is C14H23N3O2S. The molecule has 1 N–H and O–H groups in total. The van der Waals surface area contributed by atoms with Crippen molar-refractivity contribution in [3.63, 3.8) is 0 Å². The Morgan fingerprint density at radius 2 is 2.15 bits per heavy atom. The lowest BCUT2D eigenvalue weighted by Crippen LogP contribution is -2.29. The minimum Gasteiger partial charge on any atom is -0.370 e. The normalized spacial score (nSPS) is 19.1.